The van der Waals surface area contributed by atoms with Gasteiger partial charge in [-0.25, -0.2) is 0 Å². The number of carboxylic acids is 1. The second-order valence-corrected chi connectivity index (χ2v) is 8.42. The largest absolute Gasteiger partial charge is 0.481 e. The number of piperidine rings is 1. The van der Waals surface area contributed by atoms with Crippen LogP contribution in [0.2, 0.25) is 0 Å². The first kappa shape index (κ1) is 19.2. The third-order valence-corrected chi connectivity index (χ3v) is 5.35. The molecule has 2 rings (SSSR count). The Labute approximate surface area is 150 Å². The molecule has 1 N–H and O–H groups in total. The van der Waals surface area contributed by atoms with Crippen molar-refractivity contribution in [2.45, 2.75) is 43.8 Å². The summed E-state index contributed by atoms with van der Waals surface area (Å²) in [4.78, 5) is 37.2. The second-order valence-electron chi connectivity index (χ2n) is 6.80. The van der Waals surface area contributed by atoms with Gasteiger partial charge in [-0.3, -0.25) is 19.7 Å². The Hall–Kier alpha value is -2.09. The Morgan fingerprint density at radius 2 is 2.08 bits per heavy atom. The highest BCUT2D eigenvalue weighted by atomic mass is 32.2. The number of aliphatic carboxylic acids is 1. The lowest BCUT2D eigenvalue weighted by Gasteiger charge is -2.37. The molecule has 136 valence electrons. The van der Waals surface area contributed by atoms with E-state index in [0.717, 1.165) is 0 Å². The van der Waals surface area contributed by atoms with Gasteiger partial charge in [-0.2, -0.15) is 0 Å². The number of likely N-dealkylation sites (tertiary alicyclic amines) is 1. The van der Waals surface area contributed by atoms with Crippen molar-refractivity contribution in [1.29, 1.82) is 0 Å². The Bertz CT molecular complexity index is 706. The molecule has 1 aromatic rings. The van der Waals surface area contributed by atoms with E-state index in [2.05, 4.69) is 0 Å². The van der Waals surface area contributed by atoms with Crippen LogP contribution in [0, 0.1) is 15.5 Å². The van der Waals surface area contributed by atoms with Crippen LogP contribution in [0.4, 0.5) is 5.69 Å². The van der Waals surface area contributed by atoms with E-state index in [1.165, 1.54) is 28.8 Å². The van der Waals surface area contributed by atoms with Crippen LogP contribution < -0.4 is 0 Å². The van der Waals surface area contributed by atoms with E-state index in [9.17, 15) is 24.8 Å². The van der Waals surface area contributed by atoms with Crippen molar-refractivity contribution >= 4 is 29.3 Å². The van der Waals surface area contributed by atoms with Gasteiger partial charge in [-0.1, -0.05) is 13.8 Å². The summed E-state index contributed by atoms with van der Waals surface area (Å²) in [6, 6.07) is 4.27. The molecular weight excluding hydrogens is 344 g/mol. The summed E-state index contributed by atoms with van der Waals surface area (Å²) in [7, 11) is 0. The molecule has 8 heteroatoms. The molecule has 0 aliphatic carbocycles. The lowest BCUT2D eigenvalue weighted by molar-refractivity contribution is -0.384. The molecule has 1 aromatic carbocycles. The number of nitrogens with zero attached hydrogens (tertiary/aromatic N) is 2. The fraction of sp³-hybridized carbons (Fsp3) is 0.529. The standard InChI is InChI=1S/C17H22N2O5S/c1-11(2)25-14-6-5-12(19(23)24)9-13(14)15(20)18-8-4-7-17(3,10-18)16(21)22/h5-6,9,11H,4,7-8,10H2,1-3H3,(H,21,22). The topological polar surface area (TPSA) is 101 Å². The zero-order valence-corrected chi connectivity index (χ0v) is 15.3. The lowest BCUT2D eigenvalue weighted by Crippen LogP contribution is -2.48. The van der Waals surface area contributed by atoms with Gasteiger partial charge in [0.25, 0.3) is 11.6 Å². The van der Waals surface area contributed by atoms with Crippen LogP contribution in [0.3, 0.4) is 0 Å². The number of thioether (sulfide) groups is 1. The number of nitro groups is 1. The molecule has 0 radical (unpaired) electrons. The molecule has 0 saturated carbocycles. The molecule has 1 saturated heterocycles. The molecular formula is C17H22N2O5S. The first-order chi connectivity index (χ1) is 11.6. The van der Waals surface area contributed by atoms with Crippen molar-refractivity contribution in [3.63, 3.8) is 0 Å². The van der Waals surface area contributed by atoms with E-state index in [4.69, 9.17) is 0 Å². The van der Waals surface area contributed by atoms with Crippen molar-refractivity contribution in [3.8, 4) is 0 Å². The maximum atomic E-state index is 13.0. The van der Waals surface area contributed by atoms with Crippen molar-refractivity contribution < 1.29 is 19.6 Å². The maximum absolute atomic E-state index is 13.0. The average molecular weight is 366 g/mol. The first-order valence-corrected chi connectivity index (χ1v) is 9.00. The molecule has 1 aliphatic rings. The number of carboxylic acid groups (broad SMARTS) is 1. The van der Waals surface area contributed by atoms with E-state index in [0.29, 0.717) is 24.3 Å². The molecule has 1 amide bonds. The normalized spacial score (nSPS) is 20.6. The third kappa shape index (κ3) is 4.31. The van der Waals surface area contributed by atoms with E-state index in [-0.39, 0.29) is 29.0 Å². The number of benzene rings is 1. The number of amides is 1. The summed E-state index contributed by atoms with van der Waals surface area (Å²) < 4.78 is 0. The zero-order valence-electron chi connectivity index (χ0n) is 14.5. The SMILES string of the molecule is CC(C)Sc1ccc([N+](=O)[O-])cc1C(=O)N1CCCC(C)(C(=O)O)C1. The van der Waals surface area contributed by atoms with Crippen LogP contribution >= 0.6 is 11.8 Å². The van der Waals surface area contributed by atoms with Gasteiger partial charge in [0.05, 0.1) is 15.9 Å². The van der Waals surface area contributed by atoms with Gasteiger partial charge in [-0.15, -0.1) is 11.8 Å². The molecule has 7 nitrogen and oxygen atoms in total. The monoisotopic (exact) mass is 366 g/mol. The minimum absolute atomic E-state index is 0.107. The average Bonchev–Trinajstić information content (AvgIpc) is 2.53. The van der Waals surface area contributed by atoms with Gasteiger partial charge in [0.2, 0.25) is 0 Å². The van der Waals surface area contributed by atoms with E-state index < -0.39 is 16.3 Å². The van der Waals surface area contributed by atoms with Crippen LogP contribution in [0.25, 0.3) is 0 Å². The van der Waals surface area contributed by atoms with Crippen LogP contribution in [0.1, 0.15) is 44.0 Å². The van der Waals surface area contributed by atoms with Crippen molar-refractivity contribution in [3.05, 3.63) is 33.9 Å². The summed E-state index contributed by atoms with van der Waals surface area (Å²) >= 11 is 1.46. The van der Waals surface area contributed by atoms with Crippen LogP contribution in [-0.4, -0.2) is 45.1 Å². The highest BCUT2D eigenvalue weighted by Gasteiger charge is 2.40. The van der Waals surface area contributed by atoms with Crippen LogP contribution in [0.15, 0.2) is 23.1 Å². The van der Waals surface area contributed by atoms with Crippen molar-refractivity contribution in [2.24, 2.45) is 5.41 Å². The molecule has 1 unspecified atom stereocenters. The number of carbonyl (C=O) groups excluding carboxylic acids is 1. The van der Waals surface area contributed by atoms with Gasteiger partial charge in [0.1, 0.15) is 0 Å². The molecule has 1 fully saturated rings. The van der Waals surface area contributed by atoms with E-state index >= 15 is 0 Å². The number of hydrogen-bond acceptors (Lipinski definition) is 5. The van der Waals surface area contributed by atoms with Crippen molar-refractivity contribution in [1.82, 2.24) is 4.90 Å². The fourth-order valence-electron chi connectivity index (χ4n) is 2.91. The summed E-state index contributed by atoms with van der Waals surface area (Å²) in [5.74, 6) is -1.28. The van der Waals surface area contributed by atoms with Gasteiger partial charge in [0, 0.05) is 35.4 Å². The molecule has 1 aliphatic heterocycles. The predicted octanol–water partition coefficient (Wildman–Crippen LogP) is 3.42. The fourth-order valence-corrected chi connectivity index (χ4v) is 3.84. The van der Waals surface area contributed by atoms with E-state index in [1.54, 1.807) is 13.0 Å². The Balaban J connectivity index is 2.37. The molecule has 1 atom stereocenters. The second kappa shape index (κ2) is 7.43. The number of carbonyl (C=O) groups is 2. The molecule has 0 aromatic heterocycles. The molecule has 25 heavy (non-hydrogen) atoms. The minimum atomic E-state index is -0.986. The van der Waals surface area contributed by atoms with Gasteiger partial charge in [0.15, 0.2) is 0 Å². The Morgan fingerprint density at radius 1 is 1.40 bits per heavy atom. The van der Waals surface area contributed by atoms with Crippen LogP contribution in [0.5, 0.6) is 0 Å². The smallest absolute Gasteiger partial charge is 0.311 e. The first-order valence-electron chi connectivity index (χ1n) is 8.12. The summed E-state index contributed by atoms with van der Waals surface area (Å²) in [5, 5.41) is 20.7. The Morgan fingerprint density at radius 3 is 2.64 bits per heavy atom. The number of non-ortho nitro benzene ring substituents is 1. The summed E-state index contributed by atoms with van der Waals surface area (Å²) in [5.41, 5.74) is -0.864. The van der Waals surface area contributed by atoms with Gasteiger partial charge < -0.3 is 10.0 Å². The third-order valence-electron chi connectivity index (χ3n) is 4.27. The van der Waals surface area contributed by atoms with Crippen molar-refractivity contribution in [2.75, 3.05) is 13.1 Å². The molecule has 1 heterocycles. The van der Waals surface area contributed by atoms with Gasteiger partial charge >= 0.3 is 5.97 Å². The highest BCUT2D eigenvalue weighted by Crippen LogP contribution is 2.34. The summed E-state index contributed by atoms with van der Waals surface area (Å²) in [6.45, 7) is 6.14. The number of hydrogen-bond donors (Lipinski definition) is 1. The summed E-state index contributed by atoms with van der Waals surface area (Å²) in [6.07, 6.45) is 1.10. The number of rotatable bonds is 5. The van der Waals surface area contributed by atoms with E-state index in [1.807, 2.05) is 13.8 Å². The molecule has 0 bridgehead atoms. The molecule has 0 spiro atoms. The number of nitro benzene ring substituents is 1. The predicted molar refractivity (Wildman–Crippen MR) is 95.0 cm³/mol. The highest BCUT2D eigenvalue weighted by molar-refractivity contribution is 8.00. The maximum Gasteiger partial charge on any atom is 0.311 e. The van der Waals surface area contributed by atoms with Gasteiger partial charge in [-0.05, 0) is 25.8 Å². The van der Waals surface area contributed by atoms with Crippen LogP contribution in [-0.2, 0) is 4.79 Å². The quantitative estimate of drug-likeness (QED) is 0.487. The lowest BCUT2D eigenvalue weighted by atomic mass is 9.82. The zero-order chi connectivity index (χ0) is 18.8. The Kier molecular flexibility index (Phi) is 5.72. The minimum Gasteiger partial charge on any atom is -0.481 e.